The highest BCUT2D eigenvalue weighted by Crippen LogP contribution is 2.38. The second kappa shape index (κ2) is 13.5. The van der Waals surface area contributed by atoms with Crippen LogP contribution in [-0.4, -0.2) is 57.0 Å². The Morgan fingerprint density at radius 2 is 1.84 bits per heavy atom. The lowest BCUT2D eigenvalue weighted by Gasteiger charge is -2.25. The van der Waals surface area contributed by atoms with Crippen molar-refractivity contribution in [3.63, 3.8) is 0 Å². The highest BCUT2D eigenvalue weighted by Gasteiger charge is 2.43. The molecule has 0 unspecified atom stereocenters. The lowest BCUT2D eigenvalue weighted by molar-refractivity contribution is -0.142. The van der Waals surface area contributed by atoms with E-state index in [9.17, 15) is 35.2 Å². The molecular formula is C26H30ClF5N6O5S. The smallest absolute Gasteiger partial charge is 0.417 e. The number of halogens is 6. The summed E-state index contributed by atoms with van der Waals surface area (Å²) in [6.45, 7) is 3.96. The predicted octanol–water partition coefficient (Wildman–Crippen LogP) is 5.20. The standard InChI is InChI=1S/C14H16ClN3O.C12H14F5N3O4S/c1-11-5-3-6-12(2)14(11)18(13(19)9-15)10-17-8-4-7-16-17;1-11(2)4-7(19-24-11)25(21,22)5-6-8(12(15,16)17)18-20(3)9(6)23-10(13)14/h3-8H,9-10H2,1-2H3;10H,4-5H2,1-3H3. The third-order valence-corrected chi connectivity index (χ3v) is 8.03. The monoisotopic (exact) mass is 668 g/mol. The Labute approximate surface area is 255 Å². The summed E-state index contributed by atoms with van der Waals surface area (Å²) in [6, 6.07) is 7.78. The summed E-state index contributed by atoms with van der Waals surface area (Å²) in [4.78, 5) is 18.7. The van der Waals surface area contributed by atoms with E-state index in [2.05, 4.69) is 20.1 Å². The molecule has 242 valence electrons. The molecule has 2 aromatic heterocycles. The van der Waals surface area contributed by atoms with E-state index < -0.39 is 56.2 Å². The van der Waals surface area contributed by atoms with Gasteiger partial charge in [-0.05, 0) is 44.9 Å². The molecule has 0 aliphatic carbocycles. The number of oxime groups is 1. The van der Waals surface area contributed by atoms with Crippen molar-refractivity contribution in [2.75, 3.05) is 10.8 Å². The van der Waals surface area contributed by atoms with E-state index in [0.717, 1.165) is 23.9 Å². The van der Waals surface area contributed by atoms with Gasteiger partial charge in [-0.25, -0.2) is 13.1 Å². The normalized spacial score (nSPS) is 14.5. The summed E-state index contributed by atoms with van der Waals surface area (Å²) in [6.07, 6.45) is -1.71. The number of hydrogen-bond donors (Lipinski definition) is 0. The lowest BCUT2D eigenvalue weighted by Crippen LogP contribution is -2.35. The van der Waals surface area contributed by atoms with Crippen molar-refractivity contribution in [1.29, 1.82) is 0 Å². The molecule has 0 spiro atoms. The van der Waals surface area contributed by atoms with Crippen molar-refractivity contribution >= 4 is 38.1 Å². The van der Waals surface area contributed by atoms with Gasteiger partial charge in [0.15, 0.2) is 20.6 Å². The number of benzene rings is 1. The number of carbonyl (C=O) groups excluding carboxylic acids is 1. The van der Waals surface area contributed by atoms with Gasteiger partial charge in [-0.2, -0.15) is 32.1 Å². The fourth-order valence-electron chi connectivity index (χ4n) is 4.29. The average molecular weight is 669 g/mol. The van der Waals surface area contributed by atoms with Crippen molar-refractivity contribution in [1.82, 2.24) is 19.6 Å². The number of ether oxygens (including phenoxy) is 1. The molecular weight excluding hydrogens is 639 g/mol. The van der Waals surface area contributed by atoms with E-state index in [1.54, 1.807) is 15.8 Å². The van der Waals surface area contributed by atoms with Gasteiger partial charge in [0.25, 0.3) is 0 Å². The maximum absolute atomic E-state index is 13.1. The Balaban J connectivity index is 0.000000249. The van der Waals surface area contributed by atoms with E-state index in [1.807, 2.05) is 44.3 Å². The quantitative estimate of drug-likeness (QED) is 0.239. The van der Waals surface area contributed by atoms with Gasteiger partial charge in [0, 0.05) is 25.9 Å². The largest absolute Gasteiger partial charge is 0.435 e. The van der Waals surface area contributed by atoms with E-state index in [4.69, 9.17) is 16.4 Å². The van der Waals surface area contributed by atoms with Crippen LogP contribution in [0.15, 0.2) is 41.8 Å². The Morgan fingerprint density at radius 1 is 1.20 bits per heavy atom. The second-order valence-corrected chi connectivity index (χ2v) is 12.5. The van der Waals surface area contributed by atoms with Gasteiger partial charge in [-0.15, -0.1) is 11.6 Å². The van der Waals surface area contributed by atoms with E-state index in [0.29, 0.717) is 11.4 Å². The Kier molecular flexibility index (Phi) is 10.7. The van der Waals surface area contributed by atoms with Crippen LogP contribution in [0.25, 0.3) is 0 Å². The van der Waals surface area contributed by atoms with Crippen molar-refractivity contribution in [3.8, 4) is 5.88 Å². The molecule has 1 aliphatic rings. The van der Waals surface area contributed by atoms with Gasteiger partial charge >= 0.3 is 12.8 Å². The SMILES string of the molecule is Cc1cccc(C)c1N(Cn1cccn1)C(=O)CCl.Cn1nc(C(F)(F)F)c(CS(=O)(=O)C2=NOC(C)(C)C2)c1OC(F)F. The first-order valence-corrected chi connectivity index (χ1v) is 15.0. The molecule has 0 fully saturated rings. The van der Waals surface area contributed by atoms with E-state index >= 15 is 0 Å². The van der Waals surface area contributed by atoms with Crippen LogP contribution in [0.2, 0.25) is 0 Å². The molecule has 11 nitrogen and oxygen atoms in total. The summed E-state index contributed by atoms with van der Waals surface area (Å²) >= 11 is 5.72. The Bertz CT molecular complexity index is 1590. The topological polar surface area (TPSA) is 121 Å². The molecule has 1 aromatic carbocycles. The Hall–Kier alpha value is -3.73. The third kappa shape index (κ3) is 8.46. The molecule has 3 heterocycles. The molecule has 0 N–H and O–H groups in total. The second-order valence-electron chi connectivity index (χ2n) is 10.3. The van der Waals surface area contributed by atoms with Crippen LogP contribution < -0.4 is 9.64 Å². The number of sulfone groups is 1. The minimum absolute atomic E-state index is 0.0466. The number of anilines is 1. The third-order valence-electron chi connectivity index (χ3n) is 6.19. The van der Waals surface area contributed by atoms with Gasteiger partial charge in [0.2, 0.25) is 11.8 Å². The number of amides is 1. The summed E-state index contributed by atoms with van der Waals surface area (Å²) in [7, 11) is -3.43. The highest BCUT2D eigenvalue weighted by atomic mass is 35.5. The van der Waals surface area contributed by atoms with Crippen LogP contribution >= 0.6 is 11.6 Å². The molecule has 3 aromatic rings. The number of hydrogen-bond acceptors (Lipinski definition) is 8. The molecule has 0 saturated heterocycles. The van der Waals surface area contributed by atoms with E-state index in [1.165, 1.54) is 13.8 Å². The van der Waals surface area contributed by atoms with Gasteiger partial charge in [-0.3, -0.25) is 14.4 Å². The fourth-order valence-corrected chi connectivity index (χ4v) is 5.96. The van der Waals surface area contributed by atoms with E-state index in [-0.39, 0.29) is 18.2 Å². The number of para-hydroxylation sites is 1. The highest BCUT2D eigenvalue weighted by molar-refractivity contribution is 8.05. The van der Waals surface area contributed by atoms with Crippen LogP contribution in [0.4, 0.5) is 27.6 Å². The number of rotatable bonds is 8. The molecule has 0 atom stereocenters. The van der Waals surface area contributed by atoms with Crippen LogP contribution in [0.3, 0.4) is 0 Å². The molecule has 1 aliphatic heterocycles. The summed E-state index contributed by atoms with van der Waals surface area (Å²) < 4.78 is 95.1. The number of nitrogens with zero attached hydrogens (tertiary/aromatic N) is 6. The lowest BCUT2D eigenvalue weighted by atomic mass is 10.1. The molecule has 0 bridgehead atoms. The first-order chi connectivity index (χ1) is 20.4. The maximum Gasteiger partial charge on any atom is 0.435 e. The van der Waals surface area contributed by atoms with Crippen molar-refractivity contribution < 1.29 is 44.7 Å². The molecule has 1 amide bonds. The fraction of sp³-hybridized carbons (Fsp3) is 0.462. The summed E-state index contributed by atoms with van der Waals surface area (Å²) in [5.74, 6) is -2.41. The van der Waals surface area contributed by atoms with Crippen LogP contribution in [0, 0.1) is 13.8 Å². The number of alkyl halides is 6. The number of carbonyl (C=O) groups is 1. The predicted molar refractivity (Wildman–Crippen MR) is 151 cm³/mol. The molecule has 4 rings (SSSR count). The molecule has 18 heteroatoms. The minimum Gasteiger partial charge on any atom is -0.417 e. The first-order valence-electron chi connectivity index (χ1n) is 12.8. The average Bonchev–Trinajstić information content (AvgIpc) is 3.63. The molecule has 0 saturated carbocycles. The zero-order valence-electron chi connectivity index (χ0n) is 24.3. The summed E-state index contributed by atoms with van der Waals surface area (Å²) in [5, 5.41) is 10.1. The molecule has 44 heavy (non-hydrogen) atoms. The van der Waals surface area contributed by atoms with Crippen molar-refractivity contribution in [2.45, 2.75) is 64.9 Å². The zero-order chi connectivity index (χ0) is 33.0. The van der Waals surface area contributed by atoms with Crippen LogP contribution in [0.1, 0.15) is 42.7 Å². The van der Waals surface area contributed by atoms with Crippen molar-refractivity contribution in [3.05, 3.63) is 59.0 Å². The van der Waals surface area contributed by atoms with Gasteiger partial charge in [0.1, 0.15) is 18.1 Å². The maximum atomic E-state index is 13.1. The van der Waals surface area contributed by atoms with Crippen LogP contribution in [-0.2, 0) is 45.1 Å². The molecule has 0 radical (unpaired) electrons. The van der Waals surface area contributed by atoms with Crippen molar-refractivity contribution in [2.24, 2.45) is 12.2 Å². The van der Waals surface area contributed by atoms with Gasteiger partial charge in [0.05, 0.1) is 17.0 Å². The first kappa shape index (κ1) is 34.8. The number of aromatic nitrogens is 4. The number of aryl methyl sites for hydroxylation is 3. The van der Waals surface area contributed by atoms with Gasteiger partial charge in [-0.1, -0.05) is 23.4 Å². The summed E-state index contributed by atoms with van der Waals surface area (Å²) in [5.41, 5.74) is -0.567. The zero-order valence-corrected chi connectivity index (χ0v) is 25.8. The van der Waals surface area contributed by atoms with Crippen LogP contribution in [0.5, 0.6) is 5.88 Å². The minimum atomic E-state index is -5.06. The van der Waals surface area contributed by atoms with Gasteiger partial charge < -0.3 is 9.57 Å². The Morgan fingerprint density at radius 3 is 2.32 bits per heavy atom.